The molecule has 0 saturated heterocycles. The van der Waals surface area contributed by atoms with Crippen molar-refractivity contribution in [2.75, 3.05) is 12.1 Å². The fourth-order valence-electron chi connectivity index (χ4n) is 2.55. The Morgan fingerprint density at radius 3 is 2.57 bits per heavy atom. The zero-order chi connectivity index (χ0) is 19.5. The van der Waals surface area contributed by atoms with Gasteiger partial charge in [0.25, 0.3) is 5.91 Å². The molecule has 0 radical (unpaired) electrons. The number of nitrogens with zero attached hydrogens (tertiary/aromatic N) is 2. The van der Waals surface area contributed by atoms with E-state index in [-0.39, 0.29) is 24.2 Å². The minimum atomic E-state index is -0.982. The number of carbonyl (C=O) groups is 1. The van der Waals surface area contributed by atoms with Crippen LogP contribution in [0.1, 0.15) is 15.9 Å². The first-order valence-electron chi connectivity index (χ1n) is 8.29. The number of ether oxygens (including phenoxy) is 2. The second-order valence-corrected chi connectivity index (χ2v) is 5.92. The lowest BCUT2D eigenvalue weighted by Gasteiger charge is -2.08. The standard InChI is InChI=1S/C19H14F2N4O3/c20-14-3-2-13(6-15(14)21)25-19-23-8-12(9-24-19)18(26)22-7-11-1-4-16-17(5-11)28-10-27-16/h1-6,8-9H,7,10H2,(H,22,26)(H,23,24,25). The minimum Gasteiger partial charge on any atom is -0.454 e. The molecule has 0 fully saturated rings. The molecule has 0 saturated carbocycles. The van der Waals surface area contributed by atoms with Crippen LogP contribution in [-0.4, -0.2) is 22.7 Å². The lowest BCUT2D eigenvalue weighted by atomic mass is 10.2. The van der Waals surface area contributed by atoms with Gasteiger partial charge in [0, 0.05) is 30.7 Å². The number of anilines is 2. The second-order valence-electron chi connectivity index (χ2n) is 5.92. The van der Waals surface area contributed by atoms with Crippen molar-refractivity contribution in [1.29, 1.82) is 0 Å². The molecule has 0 atom stereocenters. The average Bonchev–Trinajstić information content (AvgIpc) is 3.17. The lowest BCUT2D eigenvalue weighted by Crippen LogP contribution is -2.23. The zero-order valence-electron chi connectivity index (χ0n) is 14.4. The Morgan fingerprint density at radius 1 is 1.00 bits per heavy atom. The Hall–Kier alpha value is -3.75. The normalized spacial score (nSPS) is 11.9. The molecule has 142 valence electrons. The third-order valence-electron chi connectivity index (χ3n) is 3.98. The number of halogens is 2. The highest BCUT2D eigenvalue weighted by atomic mass is 19.2. The molecule has 3 aromatic rings. The van der Waals surface area contributed by atoms with E-state index in [0.29, 0.717) is 23.7 Å². The molecule has 4 rings (SSSR count). The van der Waals surface area contributed by atoms with Crippen molar-refractivity contribution in [3.63, 3.8) is 0 Å². The summed E-state index contributed by atoms with van der Waals surface area (Å²) in [5, 5.41) is 5.50. The van der Waals surface area contributed by atoms with E-state index < -0.39 is 11.6 Å². The van der Waals surface area contributed by atoms with Gasteiger partial charge in [0.15, 0.2) is 23.1 Å². The highest BCUT2D eigenvalue weighted by Gasteiger charge is 2.14. The zero-order valence-corrected chi connectivity index (χ0v) is 14.4. The van der Waals surface area contributed by atoms with E-state index in [2.05, 4.69) is 20.6 Å². The Labute approximate surface area is 158 Å². The van der Waals surface area contributed by atoms with E-state index in [0.717, 1.165) is 17.7 Å². The summed E-state index contributed by atoms with van der Waals surface area (Å²) in [5.41, 5.74) is 1.41. The van der Waals surface area contributed by atoms with Crippen LogP contribution >= 0.6 is 0 Å². The van der Waals surface area contributed by atoms with Gasteiger partial charge < -0.3 is 20.1 Å². The smallest absolute Gasteiger partial charge is 0.254 e. The van der Waals surface area contributed by atoms with Crippen LogP contribution in [0.4, 0.5) is 20.4 Å². The third kappa shape index (κ3) is 3.83. The van der Waals surface area contributed by atoms with Crippen LogP contribution < -0.4 is 20.1 Å². The van der Waals surface area contributed by atoms with Crippen LogP contribution in [0, 0.1) is 11.6 Å². The third-order valence-corrected chi connectivity index (χ3v) is 3.98. The molecule has 1 amide bonds. The first-order chi connectivity index (χ1) is 13.6. The molecule has 28 heavy (non-hydrogen) atoms. The van der Waals surface area contributed by atoms with Gasteiger partial charge in [-0.3, -0.25) is 4.79 Å². The SMILES string of the molecule is O=C(NCc1ccc2c(c1)OCO2)c1cnc(Nc2ccc(F)c(F)c2)nc1. The van der Waals surface area contributed by atoms with Gasteiger partial charge in [-0.1, -0.05) is 6.07 Å². The van der Waals surface area contributed by atoms with E-state index in [9.17, 15) is 13.6 Å². The molecule has 2 aromatic carbocycles. The first kappa shape index (κ1) is 17.7. The molecular weight excluding hydrogens is 370 g/mol. The van der Waals surface area contributed by atoms with Crippen molar-refractivity contribution in [3.05, 3.63) is 71.6 Å². The molecule has 2 N–H and O–H groups in total. The number of benzene rings is 2. The summed E-state index contributed by atoms with van der Waals surface area (Å²) >= 11 is 0. The maximum atomic E-state index is 13.2. The number of hydrogen-bond donors (Lipinski definition) is 2. The number of aromatic nitrogens is 2. The number of amides is 1. The van der Waals surface area contributed by atoms with Gasteiger partial charge >= 0.3 is 0 Å². The van der Waals surface area contributed by atoms with Crippen molar-refractivity contribution in [1.82, 2.24) is 15.3 Å². The van der Waals surface area contributed by atoms with Gasteiger partial charge in [0.1, 0.15) is 0 Å². The summed E-state index contributed by atoms with van der Waals surface area (Å²) in [7, 11) is 0. The predicted octanol–water partition coefficient (Wildman–Crippen LogP) is 3.16. The summed E-state index contributed by atoms with van der Waals surface area (Å²) in [4.78, 5) is 20.3. The van der Waals surface area contributed by atoms with Gasteiger partial charge in [-0.2, -0.15) is 0 Å². The second kappa shape index (κ2) is 7.47. The summed E-state index contributed by atoms with van der Waals surface area (Å²) in [6.45, 7) is 0.484. The van der Waals surface area contributed by atoms with E-state index in [1.165, 1.54) is 18.5 Å². The van der Waals surface area contributed by atoms with Gasteiger partial charge in [-0.05, 0) is 29.8 Å². The fourth-order valence-corrected chi connectivity index (χ4v) is 2.55. The largest absolute Gasteiger partial charge is 0.454 e. The van der Waals surface area contributed by atoms with Crippen LogP contribution in [0.15, 0.2) is 48.8 Å². The highest BCUT2D eigenvalue weighted by molar-refractivity contribution is 5.93. The van der Waals surface area contributed by atoms with Crippen LogP contribution in [0.3, 0.4) is 0 Å². The van der Waals surface area contributed by atoms with E-state index in [1.54, 1.807) is 12.1 Å². The number of carbonyl (C=O) groups excluding carboxylic acids is 1. The Balaban J connectivity index is 1.36. The molecule has 2 heterocycles. The highest BCUT2D eigenvalue weighted by Crippen LogP contribution is 2.32. The molecule has 0 spiro atoms. The van der Waals surface area contributed by atoms with E-state index >= 15 is 0 Å². The van der Waals surface area contributed by atoms with Crippen molar-refractivity contribution >= 4 is 17.5 Å². The maximum Gasteiger partial charge on any atom is 0.254 e. The van der Waals surface area contributed by atoms with Crippen molar-refractivity contribution in [2.24, 2.45) is 0 Å². The number of fused-ring (bicyclic) bond motifs is 1. The Bertz CT molecular complexity index is 1030. The Morgan fingerprint density at radius 2 is 1.79 bits per heavy atom. The molecule has 1 aliphatic heterocycles. The molecular formula is C19H14F2N4O3. The summed E-state index contributed by atoms with van der Waals surface area (Å²) < 4.78 is 36.7. The topological polar surface area (TPSA) is 85.4 Å². The van der Waals surface area contributed by atoms with E-state index in [1.807, 2.05) is 6.07 Å². The maximum absolute atomic E-state index is 13.2. The summed E-state index contributed by atoms with van der Waals surface area (Å²) in [5.74, 6) is -0.809. The predicted molar refractivity (Wildman–Crippen MR) is 95.4 cm³/mol. The van der Waals surface area contributed by atoms with Crippen LogP contribution in [0.2, 0.25) is 0 Å². The molecule has 1 aliphatic rings. The van der Waals surface area contributed by atoms with Gasteiger partial charge in [-0.25, -0.2) is 18.7 Å². The van der Waals surface area contributed by atoms with Crippen molar-refractivity contribution < 1.29 is 23.0 Å². The van der Waals surface area contributed by atoms with Crippen molar-refractivity contribution in [3.8, 4) is 11.5 Å². The fraction of sp³-hybridized carbons (Fsp3) is 0.105. The van der Waals surface area contributed by atoms with Gasteiger partial charge in [0.2, 0.25) is 12.7 Å². The monoisotopic (exact) mass is 384 g/mol. The molecule has 0 aliphatic carbocycles. The van der Waals surface area contributed by atoms with Crippen molar-refractivity contribution in [2.45, 2.75) is 6.54 Å². The molecule has 0 bridgehead atoms. The van der Waals surface area contributed by atoms with Gasteiger partial charge in [-0.15, -0.1) is 0 Å². The molecule has 1 aromatic heterocycles. The Kier molecular flexibility index (Phi) is 4.71. The summed E-state index contributed by atoms with van der Waals surface area (Å²) in [6.07, 6.45) is 2.67. The van der Waals surface area contributed by atoms with Crippen LogP contribution in [0.5, 0.6) is 11.5 Å². The first-order valence-corrected chi connectivity index (χ1v) is 8.29. The minimum absolute atomic E-state index is 0.151. The lowest BCUT2D eigenvalue weighted by molar-refractivity contribution is 0.0950. The molecule has 0 unspecified atom stereocenters. The quantitative estimate of drug-likeness (QED) is 0.703. The number of hydrogen-bond acceptors (Lipinski definition) is 6. The molecule has 9 heteroatoms. The average molecular weight is 384 g/mol. The number of rotatable bonds is 5. The van der Waals surface area contributed by atoms with E-state index in [4.69, 9.17) is 9.47 Å². The summed E-state index contributed by atoms with van der Waals surface area (Å²) in [6, 6.07) is 8.76. The van der Waals surface area contributed by atoms with Crippen LogP contribution in [-0.2, 0) is 6.54 Å². The van der Waals surface area contributed by atoms with Crippen LogP contribution in [0.25, 0.3) is 0 Å². The number of nitrogens with one attached hydrogen (secondary N) is 2. The molecule has 7 nitrogen and oxygen atoms in total. The van der Waals surface area contributed by atoms with Gasteiger partial charge in [0.05, 0.1) is 5.56 Å².